The fraction of sp³-hybridized carbons (Fsp3) is 0.312. The first-order valence-corrected chi connectivity index (χ1v) is 7.03. The minimum Gasteiger partial charge on any atom is -0.497 e. The van der Waals surface area contributed by atoms with Crippen LogP contribution in [0.15, 0.2) is 36.4 Å². The summed E-state index contributed by atoms with van der Waals surface area (Å²) in [5.74, 6) is -0.162. The van der Waals surface area contributed by atoms with Crippen molar-refractivity contribution in [3.63, 3.8) is 0 Å². The van der Waals surface area contributed by atoms with Crippen LogP contribution in [0.4, 0.5) is 0 Å². The number of carbonyl (C=O) groups is 1. The molecule has 2 aromatic carbocycles. The third kappa shape index (κ3) is 4.32. The molecule has 23 heavy (non-hydrogen) atoms. The van der Waals surface area contributed by atoms with Gasteiger partial charge >= 0.3 is 5.97 Å². The van der Waals surface area contributed by atoms with Crippen LogP contribution in [0.5, 0.6) is 5.75 Å². The molecular formula is C16H17NO6. The average Bonchev–Trinajstić information content (AvgIpc) is 2.56. The van der Waals surface area contributed by atoms with Gasteiger partial charge in [0.05, 0.1) is 13.0 Å². The van der Waals surface area contributed by atoms with E-state index in [4.69, 9.17) is 9.47 Å². The van der Waals surface area contributed by atoms with Gasteiger partial charge in [0.2, 0.25) is 0 Å². The summed E-state index contributed by atoms with van der Waals surface area (Å²) in [6.45, 7) is 1.29. The Bertz CT molecular complexity index is 715. The standard InChI is InChI=1S/C16H17NO6/c1-11(16(18)22-7-8-23-17(19)20)12-3-4-14-10-15(21-2)6-5-13(14)9-12/h3-6,9-11H,7-8H2,1-2H3/t11-/m1/s1. The summed E-state index contributed by atoms with van der Waals surface area (Å²) in [5.41, 5.74) is 0.808. The Balaban J connectivity index is 2.03. The lowest BCUT2D eigenvalue weighted by Crippen LogP contribution is -2.17. The lowest BCUT2D eigenvalue weighted by Gasteiger charge is -2.12. The van der Waals surface area contributed by atoms with Gasteiger partial charge in [0.25, 0.3) is 5.09 Å². The van der Waals surface area contributed by atoms with Crippen molar-refractivity contribution in [2.24, 2.45) is 0 Å². The fourth-order valence-corrected chi connectivity index (χ4v) is 2.15. The van der Waals surface area contributed by atoms with E-state index in [9.17, 15) is 14.9 Å². The van der Waals surface area contributed by atoms with Crippen molar-refractivity contribution in [3.05, 3.63) is 52.1 Å². The molecule has 0 aliphatic heterocycles. The van der Waals surface area contributed by atoms with Gasteiger partial charge in [-0.15, -0.1) is 10.1 Å². The van der Waals surface area contributed by atoms with Gasteiger partial charge < -0.3 is 14.3 Å². The van der Waals surface area contributed by atoms with E-state index in [0.29, 0.717) is 0 Å². The van der Waals surface area contributed by atoms with E-state index in [1.54, 1.807) is 14.0 Å². The number of esters is 1. The van der Waals surface area contributed by atoms with Crippen LogP contribution in [0, 0.1) is 10.1 Å². The highest BCUT2D eigenvalue weighted by molar-refractivity contribution is 5.86. The van der Waals surface area contributed by atoms with Gasteiger partial charge in [-0.1, -0.05) is 24.3 Å². The van der Waals surface area contributed by atoms with Crippen LogP contribution >= 0.6 is 0 Å². The number of nitrogens with zero attached hydrogens (tertiary/aromatic N) is 1. The molecule has 1 atom stereocenters. The van der Waals surface area contributed by atoms with Crippen molar-refractivity contribution in [1.29, 1.82) is 0 Å². The van der Waals surface area contributed by atoms with E-state index < -0.39 is 17.0 Å². The smallest absolute Gasteiger partial charge is 0.313 e. The molecule has 7 nitrogen and oxygen atoms in total. The number of hydrogen-bond acceptors (Lipinski definition) is 6. The highest BCUT2D eigenvalue weighted by atomic mass is 17.0. The van der Waals surface area contributed by atoms with Gasteiger partial charge in [0, 0.05) is 0 Å². The number of fused-ring (bicyclic) bond motifs is 1. The lowest BCUT2D eigenvalue weighted by molar-refractivity contribution is -0.757. The number of carbonyl (C=O) groups excluding carboxylic acids is 1. The Morgan fingerprint density at radius 1 is 1.17 bits per heavy atom. The van der Waals surface area contributed by atoms with Crippen LogP contribution in [0.1, 0.15) is 18.4 Å². The molecule has 0 aliphatic carbocycles. The third-order valence-electron chi connectivity index (χ3n) is 3.45. The molecule has 0 saturated heterocycles. The molecule has 0 saturated carbocycles. The summed E-state index contributed by atoms with van der Waals surface area (Å²) in [6.07, 6.45) is 0. The van der Waals surface area contributed by atoms with Gasteiger partial charge in [-0.3, -0.25) is 4.79 Å². The summed E-state index contributed by atoms with van der Waals surface area (Å²) in [6, 6.07) is 11.4. The number of methoxy groups -OCH3 is 1. The first-order chi connectivity index (χ1) is 11.0. The monoisotopic (exact) mass is 319 g/mol. The van der Waals surface area contributed by atoms with Crippen molar-refractivity contribution in [3.8, 4) is 5.75 Å². The number of hydrogen-bond donors (Lipinski definition) is 0. The van der Waals surface area contributed by atoms with Crippen LogP contribution in [-0.4, -0.2) is 31.4 Å². The third-order valence-corrected chi connectivity index (χ3v) is 3.45. The Labute approximate surface area is 132 Å². The summed E-state index contributed by atoms with van der Waals surface area (Å²) in [5, 5.41) is 11.1. The van der Waals surface area contributed by atoms with Gasteiger partial charge in [-0.05, 0) is 35.4 Å². The molecular weight excluding hydrogens is 302 g/mol. The normalized spacial score (nSPS) is 11.7. The van der Waals surface area contributed by atoms with E-state index in [1.165, 1.54) is 0 Å². The molecule has 0 fully saturated rings. The quantitative estimate of drug-likeness (QED) is 0.337. The molecule has 0 aromatic heterocycles. The Morgan fingerprint density at radius 3 is 2.57 bits per heavy atom. The van der Waals surface area contributed by atoms with Gasteiger partial charge in [-0.2, -0.15) is 0 Å². The van der Waals surface area contributed by atoms with E-state index in [0.717, 1.165) is 22.1 Å². The van der Waals surface area contributed by atoms with Crippen molar-refractivity contribution < 1.29 is 24.2 Å². The molecule has 7 heteroatoms. The van der Waals surface area contributed by atoms with Crippen molar-refractivity contribution >= 4 is 16.7 Å². The minimum atomic E-state index is -0.922. The molecule has 0 heterocycles. The van der Waals surface area contributed by atoms with Crippen LogP contribution in [0.25, 0.3) is 10.8 Å². The van der Waals surface area contributed by atoms with E-state index in [2.05, 4.69) is 4.84 Å². The second-order valence-corrected chi connectivity index (χ2v) is 4.92. The zero-order chi connectivity index (χ0) is 16.8. The summed E-state index contributed by atoms with van der Waals surface area (Å²) >= 11 is 0. The number of benzene rings is 2. The molecule has 2 aromatic rings. The molecule has 0 radical (unpaired) electrons. The molecule has 0 spiro atoms. The molecule has 0 bridgehead atoms. The van der Waals surface area contributed by atoms with Gasteiger partial charge in [0.15, 0.2) is 0 Å². The maximum atomic E-state index is 12.0. The molecule has 122 valence electrons. The van der Waals surface area contributed by atoms with E-state index in [-0.39, 0.29) is 13.2 Å². The maximum absolute atomic E-state index is 12.0. The second-order valence-electron chi connectivity index (χ2n) is 4.92. The maximum Gasteiger partial charge on any atom is 0.313 e. The van der Waals surface area contributed by atoms with Crippen LogP contribution < -0.4 is 4.74 Å². The van der Waals surface area contributed by atoms with Crippen molar-refractivity contribution in [2.45, 2.75) is 12.8 Å². The SMILES string of the molecule is COc1ccc2cc([C@@H](C)C(=O)OCCO[N+](=O)[O-])ccc2c1. The largest absolute Gasteiger partial charge is 0.497 e. The first kappa shape index (κ1) is 16.5. The topological polar surface area (TPSA) is 87.9 Å². The molecule has 0 aliphatic rings. The lowest BCUT2D eigenvalue weighted by atomic mass is 9.98. The second kappa shape index (κ2) is 7.44. The van der Waals surface area contributed by atoms with E-state index >= 15 is 0 Å². The highest BCUT2D eigenvalue weighted by Gasteiger charge is 2.17. The first-order valence-electron chi connectivity index (χ1n) is 7.03. The summed E-state index contributed by atoms with van der Waals surface area (Å²) < 4.78 is 10.1. The molecule has 2 rings (SSSR count). The summed E-state index contributed by atoms with van der Waals surface area (Å²) in [4.78, 5) is 26.1. The Hall–Kier alpha value is -2.83. The van der Waals surface area contributed by atoms with E-state index in [1.807, 2.05) is 36.4 Å². The van der Waals surface area contributed by atoms with Crippen LogP contribution in [0.3, 0.4) is 0 Å². The highest BCUT2D eigenvalue weighted by Crippen LogP contribution is 2.25. The van der Waals surface area contributed by atoms with Crippen molar-refractivity contribution in [2.75, 3.05) is 20.3 Å². The predicted octanol–water partition coefficient (Wildman–Crippen LogP) is 2.70. The van der Waals surface area contributed by atoms with Crippen molar-refractivity contribution in [1.82, 2.24) is 0 Å². The molecule has 0 amide bonds. The predicted molar refractivity (Wildman–Crippen MR) is 82.8 cm³/mol. The number of rotatable bonds is 7. The fourth-order valence-electron chi connectivity index (χ4n) is 2.15. The summed E-state index contributed by atoms with van der Waals surface area (Å²) in [7, 11) is 1.61. The van der Waals surface area contributed by atoms with Gasteiger partial charge in [-0.25, -0.2) is 0 Å². The van der Waals surface area contributed by atoms with Gasteiger partial charge in [0.1, 0.15) is 19.0 Å². The molecule has 0 N–H and O–H groups in total. The zero-order valence-corrected chi connectivity index (χ0v) is 12.9. The number of ether oxygens (including phenoxy) is 2. The Morgan fingerprint density at radius 2 is 1.87 bits per heavy atom. The molecule has 0 unspecified atom stereocenters. The minimum absolute atomic E-state index is 0.158. The van der Waals surface area contributed by atoms with Crippen LogP contribution in [0.2, 0.25) is 0 Å². The zero-order valence-electron chi connectivity index (χ0n) is 12.9. The average molecular weight is 319 g/mol. The Kier molecular flexibility index (Phi) is 5.35. The van der Waals surface area contributed by atoms with Crippen LogP contribution in [-0.2, 0) is 14.4 Å².